The van der Waals surface area contributed by atoms with E-state index in [-0.39, 0.29) is 21.9 Å². The Kier molecular flexibility index (Phi) is 6.42. The van der Waals surface area contributed by atoms with Crippen molar-refractivity contribution in [1.82, 2.24) is 0 Å². The van der Waals surface area contributed by atoms with Crippen LogP contribution in [0.25, 0.3) is 0 Å². The van der Waals surface area contributed by atoms with Crippen LogP contribution in [0.2, 0.25) is 5.02 Å². The van der Waals surface area contributed by atoms with E-state index in [9.17, 15) is 15.0 Å². The van der Waals surface area contributed by atoms with E-state index < -0.39 is 17.8 Å². The fraction of sp³-hybridized carbons (Fsp3) is 0.174. The standard InChI is InChI=1S/C23H22ClNO4/c1-29-23(28)21-18(26)13-19(27)22(24)20(21)17(25)12-16-10-6-5-9-15(16)11-14-7-3-2-4-8-14/h2-10,13,17,26-27H,11-12,25H2,1H3. The zero-order chi connectivity index (χ0) is 21.0. The van der Waals surface area contributed by atoms with Crippen molar-refractivity contribution in [1.29, 1.82) is 0 Å². The van der Waals surface area contributed by atoms with Crippen LogP contribution in [0.4, 0.5) is 0 Å². The maximum atomic E-state index is 12.2. The molecule has 3 aromatic rings. The SMILES string of the molecule is COC(=O)c1c(O)cc(O)c(Cl)c1C(N)Cc1ccccc1Cc1ccccc1. The van der Waals surface area contributed by atoms with Crippen molar-refractivity contribution in [3.8, 4) is 11.5 Å². The average Bonchev–Trinajstić information content (AvgIpc) is 2.72. The first-order valence-electron chi connectivity index (χ1n) is 9.11. The van der Waals surface area contributed by atoms with Gasteiger partial charge in [0.2, 0.25) is 0 Å². The van der Waals surface area contributed by atoms with Gasteiger partial charge in [0.1, 0.15) is 17.1 Å². The van der Waals surface area contributed by atoms with Crippen LogP contribution in [0, 0.1) is 0 Å². The molecule has 0 spiro atoms. The highest BCUT2D eigenvalue weighted by Crippen LogP contribution is 2.40. The van der Waals surface area contributed by atoms with Crippen molar-refractivity contribution in [2.45, 2.75) is 18.9 Å². The molecular formula is C23H22ClNO4. The van der Waals surface area contributed by atoms with Gasteiger partial charge in [-0.05, 0) is 29.5 Å². The van der Waals surface area contributed by atoms with Gasteiger partial charge < -0.3 is 20.7 Å². The first-order valence-corrected chi connectivity index (χ1v) is 9.49. The molecule has 6 heteroatoms. The molecule has 0 saturated heterocycles. The monoisotopic (exact) mass is 411 g/mol. The highest BCUT2D eigenvalue weighted by atomic mass is 35.5. The summed E-state index contributed by atoms with van der Waals surface area (Å²) in [6.45, 7) is 0. The number of phenolic OH excluding ortho intramolecular Hbond substituents is 2. The number of hydrogen-bond acceptors (Lipinski definition) is 5. The molecule has 4 N–H and O–H groups in total. The first-order chi connectivity index (χ1) is 13.9. The molecule has 0 radical (unpaired) electrons. The van der Waals surface area contributed by atoms with Gasteiger partial charge in [-0.1, -0.05) is 66.2 Å². The minimum absolute atomic E-state index is 0.0729. The maximum Gasteiger partial charge on any atom is 0.342 e. The van der Waals surface area contributed by atoms with E-state index in [1.165, 1.54) is 7.11 Å². The van der Waals surface area contributed by atoms with E-state index in [0.717, 1.165) is 29.2 Å². The second-order valence-corrected chi connectivity index (χ2v) is 7.13. The lowest BCUT2D eigenvalue weighted by Gasteiger charge is -2.20. The van der Waals surface area contributed by atoms with Gasteiger partial charge in [0.15, 0.2) is 0 Å². The Morgan fingerprint density at radius 1 is 1.03 bits per heavy atom. The molecule has 0 heterocycles. The second kappa shape index (κ2) is 8.99. The number of aromatic hydroxyl groups is 2. The maximum absolute atomic E-state index is 12.2. The zero-order valence-electron chi connectivity index (χ0n) is 15.9. The van der Waals surface area contributed by atoms with E-state index in [0.29, 0.717) is 6.42 Å². The molecule has 150 valence electrons. The van der Waals surface area contributed by atoms with Crippen molar-refractivity contribution < 1.29 is 19.7 Å². The molecule has 0 aliphatic rings. The highest BCUT2D eigenvalue weighted by molar-refractivity contribution is 6.33. The van der Waals surface area contributed by atoms with Gasteiger partial charge in [-0.25, -0.2) is 4.79 Å². The number of benzene rings is 3. The Bertz CT molecular complexity index is 1020. The lowest BCUT2D eigenvalue weighted by Crippen LogP contribution is -2.19. The molecule has 0 aliphatic heterocycles. The van der Waals surface area contributed by atoms with E-state index in [1.807, 2.05) is 42.5 Å². The van der Waals surface area contributed by atoms with Crippen molar-refractivity contribution in [2.24, 2.45) is 5.73 Å². The molecule has 1 atom stereocenters. The fourth-order valence-corrected chi connectivity index (χ4v) is 3.69. The molecule has 0 saturated carbocycles. The molecule has 3 aromatic carbocycles. The summed E-state index contributed by atoms with van der Waals surface area (Å²) in [7, 11) is 1.20. The van der Waals surface area contributed by atoms with Crippen LogP contribution in [0.1, 0.15) is 38.7 Å². The van der Waals surface area contributed by atoms with E-state index in [2.05, 4.69) is 12.1 Å². The molecule has 0 fully saturated rings. The summed E-state index contributed by atoms with van der Waals surface area (Å²) in [5.74, 6) is -1.55. The van der Waals surface area contributed by atoms with Crippen LogP contribution in [0.15, 0.2) is 60.7 Å². The third-order valence-corrected chi connectivity index (χ3v) is 5.21. The normalized spacial score (nSPS) is 11.8. The van der Waals surface area contributed by atoms with Crippen LogP contribution in [0.5, 0.6) is 11.5 Å². The molecule has 0 bridgehead atoms. The Morgan fingerprint density at radius 3 is 2.31 bits per heavy atom. The first kappa shape index (κ1) is 20.7. The third-order valence-electron chi connectivity index (χ3n) is 4.82. The third kappa shape index (κ3) is 4.53. The second-order valence-electron chi connectivity index (χ2n) is 6.75. The topological polar surface area (TPSA) is 92.8 Å². The fourth-order valence-electron chi connectivity index (χ4n) is 3.40. The highest BCUT2D eigenvalue weighted by Gasteiger charge is 2.27. The number of ether oxygens (including phenoxy) is 1. The molecular weight excluding hydrogens is 390 g/mol. The van der Waals surface area contributed by atoms with Crippen LogP contribution in [-0.2, 0) is 17.6 Å². The number of nitrogens with two attached hydrogens (primary N) is 1. The number of phenols is 2. The lowest BCUT2D eigenvalue weighted by atomic mass is 9.90. The summed E-state index contributed by atoms with van der Waals surface area (Å²) in [6, 6.07) is 18.2. The summed E-state index contributed by atoms with van der Waals surface area (Å²) in [5, 5.41) is 20.1. The van der Waals surface area contributed by atoms with Gasteiger partial charge in [-0.3, -0.25) is 0 Å². The van der Waals surface area contributed by atoms with Gasteiger partial charge >= 0.3 is 5.97 Å². The Labute approximate surface area is 174 Å². The number of rotatable bonds is 6. The van der Waals surface area contributed by atoms with Gasteiger partial charge in [-0.2, -0.15) is 0 Å². The average molecular weight is 412 g/mol. The largest absolute Gasteiger partial charge is 0.507 e. The number of esters is 1. The van der Waals surface area contributed by atoms with E-state index >= 15 is 0 Å². The molecule has 0 aliphatic carbocycles. The predicted molar refractivity (Wildman–Crippen MR) is 112 cm³/mol. The van der Waals surface area contributed by atoms with Gasteiger partial charge in [-0.15, -0.1) is 0 Å². The number of methoxy groups -OCH3 is 1. The van der Waals surface area contributed by atoms with Crippen LogP contribution in [0.3, 0.4) is 0 Å². The van der Waals surface area contributed by atoms with Crippen LogP contribution >= 0.6 is 11.6 Å². The van der Waals surface area contributed by atoms with Crippen molar-refractivity contribution in [2.75, 3.05) is 7.11 Å². The van der Waals surface area contributed by atoms with Gasteiger partial charge in [0.25, 0.3) is 0 Å². The number of carbonyl (C=O) groups excluding carboxylic acids is 1. The van der Waals surface area contributed by atoms with Crippen LogP contribution in [-0.4, -0.2) is 23.3 Å². The van der Waals surface area contributed by atoms with Gasteiger partial charge in [0, 0.05) is 17.7 Å². The molecule has 29 heavy (non-hydrogen) atoms. The molecule has 0 amide bonds. The summed E-state index contributed by atoms with van der Waals surface area (Å²) in [4.78, 5) is 12.2. The number of hydrogen-bond donors (Lipinski definition) is 3. The van der Waals surface area contributed by atoms with E-state index in [4.69, 9.17) is 22.1 Å². The summed E-state index contributed by atoms with van der Waals surface area (Å²) in [6.07, 6.45) is 1.09. The Morgan fingerprint density at radius 2 is 1.66 bits per heavy atom. The summed E-state index contributed by atoms with van der Waals surface area (Å²) >= 11 is 6.25. The Balaban J connectivity index is 1.98. The number of halogens is 1. The quantitative estimate of drug-likeness (QED) is 0.524. The van der Waals surface area contributed by atoms with Crippen molar-refractivity contribution in [3.63, 3.8) is 0 Å². The zero-order valence-corrected chi connectivity index (χ0v) is 16.7. The summed E-state index contributed by atoms with van der Waals surface area (Å²) in [5.41, 5.74) is 9.67. The van der Waals surface area contributed by atoms with Crippen molar-refractivity contribution >= 4 is 17.6 Å². The smallest absolute Gasteiger partial charge is 0.342 e. The molecule has 1 unspecified atom stereocenters. The van der Waals surface area contributed by atoms with E-state index in [1.54, 1.807) is 0 Å². The molecule has 0 aromatic heterocycles. The predicted octanol–water partition coefficient (Wildman–Crippen LogP) is 4.37. The molecule has 3 rings (SSSR count). The summed E-state index contributed by atoms with van der Waals surface area (Å²) < 4.78 is 4.76. The van der Waals surface area contributed by atoms with Crippen LogP contribution < -0.4 is 5.73 Å². The van der Waals surface area contributed by atoms with Crippen molar-refractivity contribution in [3.05, 3.63) is 93.5 Å². The van der Waals surface area contributed by atoms with Gasteiger partial charge in [0.05, 0.1) is 12.1 Å². The minimum atomic E-state index is -0.771. The minimum Gasteiger partial charge on any atom is -0.507 e. The molecule has 5 nitrogen and oxygen atoms in total. The Hall–Kier alpha value is -3.02. The lowest BCUT2D eigenvalue weighted by molar-refractivity contribution is 0.0595. The number of carbonyl (C=O) groups is 1.